The van der Waals surface area contributed by atoms with Gasteiger partial charge in [0.15, 0.2) is 0 Å². The van der Waals surface area contributed by atoms with Gasteiger partial charge in [-0.15, -0.1) is 0 Å². The minimum atomic E-state index is -3.43. The van der Waals surface area contributed by atoms with Crippen molar-refractivity contribution in [2.75, 3.05) is 14.1 Å². The number of hydrogen-bond acceptors (Lipinski definition) is 5. The number of aryl methyl sites for hydroxylation is 2. The van der Waals surface area contributed by atoms with E-state index < -0.39 is 10.0 Å². The van der Waals surface area contributed by atoms with Crippen LogP contribution in [0.4, 0.5) is 0 Å². The third-order valence-corrected chi connectivity index (χ3v) is 5.58. The summed E-state index contributed by atoms with van der Waals surface area (Å²) in [5, 5.41) is 3.30. The molecule has 0 amide bonds. The molecule has 0 unspecified atom stereocenters. The molecule has 23 heavy (non-hydrogen) atoms. The summed E-state index contributed by atoms with van der Waals surface area (Å²) < 4.78 is 31.2. The molecular weight excluding hydrogens is 314 g/mol. The van der Waals surface area contributed by atoms with E-state index in [1.165, 1.54) is 18.4 Å². The molecule has 0 fully saturated rings. The predicted octanol–water partition coefficient (Wildman–Crippen LogP) is 2.39. The Bertz CT molecular complexity index is 762. The van der Waals surface area contributed by atoms with Crippen LogP contribution in [0.5, 0.6) is 0 Å². The van der Waals surface area contributed by atoms with Crippen LogP contribution in [0.25, 0.3) is 0 Å². The van der Waals surface area contributed by atoms with E-state index in [0.717, 1.165) is 17.0 Å². The Morgan fingerprint density at radius 2 is 2.00 bits per heavy atom. The molecule has 1 aromatic heterocycles. The van der Waals surface area contributed by atoms with Crippen LogP contribution in [0.3, 0.4) is 0 Å². The first kappa shape index (κ1) is 17.7. The molecule has 1 aromatic carbocycles. The van der Waals surface area contributed by atoms with E-state index in [9.17, 15) is 8.42 Å². The van der Waals surface area contributed by atoms with Crippen LogP contribution in [0.2, 0.25) is 0 Å². The van der Waals surface area contributed by atoms with Gasteiger partial charge in [0.25, 0.3) is 0 Å². The minimum absolute atomic E-state index is 0.0279. The second kappa shape index (κ2) is 6.82. The fourth-order valence-corrected chi connectivity index (χ4v) is 3.09. The molecule has 1 heterocycles. The Hall–Kier alpha value is -1.70. The fraction of sp³-hybridized carbons (Fsp3) is 0.438. The summed E-state index contributed by atoms with van der Waals surface area (Å²) in [6.07, 6.45) is 0. The number of nitrogens with one attached hydrogen (secondary N) is 1. The van der Waals surface area contributed by atoms with Gasteiger partial charge in [0.05, 0.1) is 17.1 Å². The first-order valence-electron chi connectivity index (χ1n) is 7.40. The molecule has 2 aromatic rings. The lowest BCUT2D eigenvalue weighted by Gasteiger charge is -2.16. The van der Waals surface area contributed by atoms with E-state index in [1.54, 1.807) is 18.2 Å². The van der Waals surface area contributed by atoms with Crippen LogP contribution in [0.1, 0.15) is 35.9 Å². The Labute approximate surface area is 137 Å². The normalized spacial score (nSPS) is 13.5. The van der Waals surface area contributed by atoms with Gasteiger partial charge in [0.2, 0.25) is 15.9 Å². The zero-order valence-electron chi connectivity index (χ0n) is 14.1. The van der Waals surface area contributed by atoms with Crippen molar-refractivity contribution in [1.82, 2.24) is 14.6 Å². The molecule has 1 atom stereocenters. The number of oxazole rings is 1. The molecule has 0 saturated heterocycles. The van der Waals surface area contributed by atoms with Crippen molar-refractivity contribution < 1.29 is 12.8 Å². The van der Waals surface area contributed by atoms with Gasteiger partial charge < -0.3 is 9.73 Å². The van der Waals surface area contributed by atoms with E-state index in [2.05, 4.69) is 10.3 Å². The van der Waals surface area contributed by atoms with Crippen molar-refractivity contribution in [2.24, 2.45) is 0 Å². The molecule has 0 saturated carbocycles. The summed E-state index contributed by atoms with van der Waals surface area (Å²) in [5.74, 6) is 1.44. The molecule has 1 N–H and O–H groups in total. The van der Waals surface area contributed by atoms with Crippen LogP contribution >= 0.6 is 0 Å². The molecule has 2 rings (SSSR count). The smallest absolute Gasteiger partial charge is 0.242 e. The Morgan fingerprint density at radius 1 is 1.30 bits per heavy atom. The van der Waals surface area contributed by atoms with Crippen LogP contribution in [0.15, 0.2) is 33.6 Å². The summed E-state index contributed by atoms with van der Waals surface area (Å²) in [7, 11) is -0.378. The highest BCUT2D eigenvalue weighted by Gasteiger charge is 2.18. The maximum Gasteiger partial charge on any atom is 0.242 e. The second-order valence-electron chi connectivity index (χ2n) is 5.71. The average molecular weight is 337 g/mol. The maximum atomic E-state index is 12.2. The lowest BCUT2D eigenvalue weighted by molar-refractivity contribution is 0.431. The molecule has 0 spiro atoms. The third-order valence-electron chi connectivity index (χ3n) is 3.77. The number of rotatable bonds is 6. The van der Waals surface area contributed by atoms with Gasteiger partial charge in [-0.2, -0.15) is 0 Å². The lowest BCUT2D eigenvalue weighted by atomic mass is 10.1. The Balaban J connectivity index is 2.12. The summed E-state index contributed by atoms with van der Waals surface area (Å²) in [5.41, 5.74) is 1.78. The summed E-state index contributed by atoms with van der Waals surface area (Å²) in [4.78, 5) is 4.61. The molecule has 0 aliphatic carbocycles. The largest absolute Gasteiger partial charge is 0.444 e. The lowest BCUT2D eigenvalue weighted by Crippen LogP contribution is -2.23. The number of nitrogens with zero attached hydrogens (tertiary/aromatic N) is 2. The van der Waals surface area contributed by atoms with E-state index in [0.29, 0.717) is 12.4 Å². The van der Waals surface area contributed by atoms with Gasteiger partial charge in [-0.25, -0.2) is 17.7 Å². The highest BCUT2D eigenvalue weighted by atomic mass is 32.2. The summed E-state index contributed by atoms with van der Waals surface area (Å²) >= 11 is 0. The number of hydrogen-bond donors (Lipinski definition) is 1. The highest BCUT2D eigenvalue weighted by Crippen LogP contribution is 2.20. The maximum absolute atomic E-state index is 12.2. The fourth-order valence-electron chi connectivity index (χ4n) is 2.13. The molecule has 126 valence electrons. The molecule has 6 nitrogen and oxygen atoms in total. The van der Waals surface area contributed by atoms with Gasteiger partial charge in [0, 0.05) is 20.1 Å². The van der Waals surface area contributed by atoms with Crippen molar-refractivity contribution in [1.29, 1.82) is 0 Å². The van der Waals surface area contributed by atoms with E-state index in [1.807, 2.05) is 26.8 Å². The Kier molecular flexibility index (Phi) is 5.23. The van der Waals surface area contributed by atoms with Crippen LogP contribution in [-0.4, -0.2) is 31.8 Å². The molecule has 0 aliphatic heterocycles. The van der Waals surface area contributed by atoms with E-state index in [-0.39, 0.29) is 10.9 Å². The van der Waals surface area contributed by atoms with Crippen LogP contribution < -0.4 is 5.32 Å². The van der Waals surface area contributed by atoms with Crippen LogP contribution in [-0.2, 0) is 16.6 Å². The standard InChI is InChI=1S/C16H23N3O3S/c1-11-13(3)22-16(18-11)10-17-12(2)14-7-6-8-15(9-14)23(20,21)19(4)5/h6-9,12,17H,10H2,1-5H3/t12-/m1/s1. The molecule has 0 radical (unpaired) electrons. The van der Waals surface area contributed by atoms with Gasteiger partial charge in [0.1, 0.15) is 5.76 Å². The zero-order valence-corrected chi connectivity index (χ0v) is 14.9. The second-order valence-corrected chi connectivity index (χ2v) is 7.86. The molecular formula is C16H23N3O3S. The monoisotopic (exact) mass is 337 g/mol. The quantitative estimate of drug-likeness (QED) is 0.876. The van der Waals surface area contributed by atoms with E-state index >= 15 is 0 Å². The van der Waals surface area contributed by atoms with Crippen molar-refractivity contribution in [3.05, 3.63) is 47.2 Å². The first-order valence-corrected chi connectivity index (χ1v) is 8.84. The number of benzene rings is 1. The topological polar surface area (TPSA) is 75.4 Å². The predicted molar refractivity (Wildman–Crippen MR) is 88.5 cm³/mol. The van der Waals surface area contributed by atoms with Crippen molar-refractivity contribution in [2.45, 2.75) is 38.3 Å². The first-order chi connectivity index (χ1) is 10.7. The Morgan fingerprint density at radius 3 is 2.57 bits per heavy atom. The van der Waals surface area contributed by atoms with Gasteiger partial charge in [-0.05, 0) is 38.5 Å². The molecule has 0 bridgehead atoms. The van der Waals surface area contributed by atoms with Gasteiger partial charge >= 0.3 is 0 Å². The zero-order chi connectivity index (χ0) is 17.2. The van der Waals surface area contributed by atoms with Crippen molar-refractivity contribution >= 4 is 10.0 Å². The summed E-state index contributed by atoms with van der Waals surface area (Å²) in [6, 6.07) is 6.92. The minimum Gasteiger partial charge on any atom is -0.444 e. The highest BCUT2D eigenvalue weighted by molar-refractivity contribution is 7.89. The summed E-state index contributed by atoms with van der Waals surface area (Å²) in [6.45, 7) is 6.25. The van der Waals surface area contributed by atoms with Gasteiger partial charge in [-0.1, -0.05) is 12.1 Å². The number of aromatic nitrogens is 1. The molecule has 0 aliphatic rings. The van der Waals surface area contributed by atoms with E-state index in [4.69, 9.17) is 4.42 Å². The van der Waals surface area contributed by atoms with Crippen molar-refractivity contribution in [3.63, 3.8) is 0 Å². The molecule has 7 heteroatoms. The van der Waals surface area contributed by atoms with Gasteiger partial charge in [-0.3, -0.25) is 0 Å². The van der Waals surface area contributed by atoms with Crippen LogP contribution in [0, 0.1) is 13.8 Å². The average Bonchev–Trinajstić information content (AvgIpc) is 2.83. The number of sulfonamides is 1. The van der Waals surface area contributed by atoms with Crippen molar-refractivity contribution in [3.8, 4) is 0 Å². The SMILES string of the molecule is Cc1nc(CN[C@H](C)c2cccc(S(=O)(=O)N(C)C)c2)oc1C. The third kappa shape index (κ3) is 3.99.